The van der Waals surface area contributed by atoms with Crippen LogP contribution in [0, 0.1) is 32.6 Å². The molecular weight excluding hydrogens is 316 g/mol. The Morgan fingerprint density at radius 2 is 2.00 bits per heavy atom. The molecule has 0 radical (unpaired) electrons. The lowest BCUT2D eigenvalue weighted by molar-refractivity contribution is 0.0776. The smallest absolute Gasteiger partial charge is 0.321 e. The molecule has 0 spiro atoms. The molecule has 1 aliphatic heterocycles. The van der Waals surface area contributed by atoms with Crippen molar-refractivity contribution < 1.29 is 14.3 Å². The summed E-state index contributed by atoms with van der Waals surface area (Å²) >= 11 is 0. The van der Waals surface area contributed by atoms with Crippen molar-refractivity contribution in [2.24, 2.45) is 11.8 Å². The van der Waals surface area contributed by atoms with Gasteiger partial charge in [0.05, 0.1) is 20.3 Å². The molecule has 1 N–H and O–H groups in total. The maximum Gasteiger partial charge on any atom is 0.321 e. The van der Waals surface area contributed by atoms with Gasteiger partial charge in [-0.05, 0) is 49.4 Å². The molecule has 2 fully saturated rings. The highest BCUT2D eigenvalue weighted by Crippen LogP contribution is 2.35. The summed E-state index contributed by atoms with van der Waals surface area (Å²) in [5.74, 6) is 2.06. The van der Waals surface area contributed by atoms with E-state index in [0.29, 0.717) is 19.1 Å². The van der Waals surface area contributed by atoms with E-state index in [1.807, 2.05) is 31.7 Å². The Morgan fingerprint density at radius 1 is 1.24 bits per heavy atom. The second kappa shape index (κ2) is 7.65. The summed E-state index contributed by atoms with van der Waals surface area (Å²) in [4.78, 5) is 14.8. The standard InChI is InChI=1S/C20H30N2O3/c1-13-10-18(24-4)14(2)15(3)19(13)21-20(23)22-8-9-25-12-17(11-22)16-6-5-7-16/h10,16-17H,5-9,11-12H2,1-4H3,(H,21,23)/t17-/m1/s1. The minimum Gasteiger partial charge on any atom is -0.496 e. The van der Waals surface area contributed by atoms with Crippen LogP contribution in [0.3, 0.4) is 0 Å². The van der Waals surface area contributed by atoms with Crippen molar-refractivity contribution in [3.05, 3.63) is 22.8 Å². The zero-order valence-corrected chi connectivity index (χ0v) is 15.9. The zero-order valence-electron chi connectivity index (χ0n) is 15.9. The largest absolute Gasteiger partial charge is 0.496 e. The van der Waals surface area contributed by atoms with Gasteiger partial charge in [-0.1, -0.05) is 19.3 Å². The average Bonchev–Trinajstić information content (AvgIpc) is 2.79. The molecule has 1 atom stereocenters. The van der Waals surface area contributed by atoms with Gasteiger partial charge < -0.3 is 19.7 Å². The molecule has 25 heavy (non-hydrogen) atoms. The molecule has 5 heteroatoms. The number of ether oxygens (including phenoxy) is 2. The van der Waals surface area contributed by atoms with Crippen molar-refractivity contribution in [3.8, 4) is 5.75 Å². The molecule has 5 nitrogen and oxygen atoms in total. The Balaban J connectivity index is 1.73. The molecule has 0 unspecified atom stereocenters. The van der Waals surface area contributed by atoms with Crippen LogP contribution >= 0.6 is 0 Å². The minimum absolute atomic E-state index is 0.0226. The highest BCUT2D eigenvalue weighted by molar-refractivity contribution is 5.91. The zero-order chi connectivity index (χ0) is 18.0. The summed E-state index contributed by atoms with van der Waals surface area (Å²) in [6.45, 7) is 8.92. The van der Waals surface area contributed by atoms with Gasteiger partial charge >= 0.3 is 6.03 Å². The van der Waals surface area contributed by atoms with E-state index in [1.165, 1.54) is 19.3 Å². The van der Waals surface area contributed by atoms with Crippen molar-refractivity contribution >= 4 is 11.7 Å². The van der Waals surface area contributed by atoms with E-state index >= 15 is 0 Å². The van der Waals surface area contributed by atoms with Crippen molar-refractivity contribution in [1.29, 1.82) is 0 Å². The van der Waals surface area contributed by atoms with Gasteiger partial charge in [0.2, 0.25) is 0 Å². The Morgan fingerprint density at radius 3 is 2.64 bits per heavy atom. The predicted molar refractivity (Wildman–Crippen MR) is 99.4 cm³/mol. The normalized spacial score (nSPS) is 21.4. The number of hydrogen-bond donors (Lipinski definition) is 1. The van der Waals surface area contributed by atoms with Crippen LogP contribution in [0.25, 0.3) is 0 Å². The first-order valence-electron chi connectivity index (χ1n) is 9.29. The van der Waals surface area contributed by atoms with Gasteiger partial charge in [-0.15, -0.1) is 0 Å². The molecule has 0 aromatic heterocycles. The Kier molecular flexibility index (Phi) is 5.52. The van der Waals surface area contributed by atoms with Crippen LogP contribution in [0.2, 0.25) is 0 Å². The molecule has 2 aliphatic rings. The van der Waals surface area contributed by atoms with Gasteiger partial charge in [0.15, 0.2) is 0 Å². The monoisotopic (exact) mass is 346 g/mol. The number of methoxy groups -OCH3 is 1. The van der Waals surface area contributed by atoms with E-state index in [1.54, 1.807) is 7.11 Å². The summed E-state index contributed by atoms with van der Waals surface area (Å²) in [6, 6.07) is 1.96. The van der Waals surface area contributed by atoms with Crippen molar-refractivity contribution in [2.75, 3.05) is 38.7 Å². The van der Waals surface area contributed by atoms with E-state index in [9.17, 15) is 4.79 Å². The van der Waals surface area contributed by atoms with Gasteiger partial charge in [0, 0.05) is 24.7 Å². The highest BCUT2D eigenvalue weighted by atomic mass is 16.5. The molecule has 1 aliphatic carbocycles. The van der Waals surface area contributed by atoms with Gasteiger partial charge in [0.1, 0.15) is 5.75 Å². The van der Waals surface area contributed by atoms with Gasteiger partial charge in [-0.2, -0.15) is 0 Å². The number of aryl methyl sites for hydroxylation is 1. The third kappa shape index (κ3) is 3.76. The van der Waals surface area contributed by atoms with Crippen molar-refractivity contribution in [1.82, 2.24) is 4.90 Å². The number of rotatable bonds is 3. The molecule has 138 valence electrons. The van der Waals surface area contributed by atoms with Crippen LogP contribution in [0.4, 0.5) is 10.5 Å². The number of hydrogen-bond acceptors (Lipinski definition) is 3. The highest BCUT2D eigenvalue weighted by Gasteiger charge is 2.32. The molecule has 1 aromatic rings. The molecule has 0 bridgehead atoms. The number of amides is 2. The quantitative estimate of drug-likeness (QED) is 0.903. The Hall–Kier alpha value is -1.75. The fourth-order valence-corrected chi connectivity index (χ4v) is 3.85. The molecule has 2 amide bonds. The number of anilines is 1. The fourth-order valence-electron chi connectivity index (χ4n) is 3.85. The van der Waals surface area contributed by atoms with E-state index in [-0.39, 0.29) is 6.03 Å². The number of benzene rings is 1. The summed E-state index contributed by atoms with van der Waals surface area (Å²) in [7, 11) is 1.68. The lowest BCUT2D eigenvalue weighted by atomic mass is 9.76. The van der Waals surface area contributed by atoms with Gasteiger partial charge in [-0.25, -0.2) is 4.79 Å². The SMILES string of the molecule is COc1cc(C)c(NC(=O)N2CCOC[C@H](C3CCC3)C2)c(C)c1C. The lowest BCUT2D eigenvalue weighted by Gasteiger charge is -2.35. The lowest BCUT2D eigenvalue weighted by Crippen LogP contribution is -2.41. The summed E-state index contributed by atoms with van der Waals surface area (Å²) < 4.78 is 11.2. The van der Waals surface area contributed by atoms with Crippen LogP contribution in [-0.4, -0.2) is 44.3 Å². The van der Waals surface area contributed by atoms with Gasteiger partial charge in [-0.3, -0.25) is 0 Å². The van der Waals surface area contributed by atoms with Gasteiger partial charge in [0.25, 0.3) is 0 Å². The molecule has 1 saturated heterocycles. The Labute approximate surface area is 150 Å². The fraction of sp³-hybridized carbons (Fsp3) is 0.650. The summed E-state index contributed by atoms with van der Waals surface area (Å²) in [5, 5.41) is 3.14. The molecule has 3 rings (SSSR count). The van der Waals surface area contributed by atoms with Crippen molar-refractivity contribution in [2.45, 2.75) is 40.0 Å². The third-order valence-corrected chi connectivity index (χ3v) is 5.90. The topological polar surface area (TPSA) is 50.8 Å². The molecule has 1 saturated carbocycles. The third-order valence-electron chi connectivity index (χ3n) is 5.90. The van der Waals surface area contributed by atoms with Crippen LogP contribution in [0.15, 0.2) is 6.07 Å². The number of nitrogens with one attached hydrogen (secondary N) is 1. The second-order valence-electron chi connectivity index (χ2n) is 7.42. The number of carbonyl (C=O) groups excluding carboxylic acids is 1. The maximum absolute atomic E-state index is 12.9. The number of carbonyl (C=O) groups is 1. The van der Waals surface area contributed by atoms with Crippen LogP contribution in [0.5, 0.6) is 5.75 Å². The maximum atomic E-state index is 12.9. The van der Waals surface area contributed by atoms with Crippen LogP contribution < -0.4 is 10.1 Å². The Bertz CT molecular complexity index is 640. The molecular formula is C20H30N2O3. The van der Waals surface area contributed by atoms with Crippen molar-refractivity contribution in [3.63, 3.8) is 0 Å². The van der Waals surface area contributed by atoms with Crippen LogP contribution in [0.1, 0.15) is 36.0 Å². The van der Waals surface area contributed by atoms with Crippen LogP contribution in [-0.2, 0) is 4.74 Å². The van der Waals surface area contributed by atoms with E-state index < -0.39 is 0 Å². The van der Waals surface area contributed by atoms with E-state index in [4.69, 9.17) is 9.47 Å². The first-order valence-corrected chi connectivity index (χ1v) is 9.29. The van der Waals surface area contributed by atoms with E-state index in [2.05, 4.69) is 5.32 Å². The first kappa shape index (κ1) is 18.1. The predicted octanol–water partition coefficient (Wildman–Crippen LogP) is 3.90. The molecule has 1 heterocycles. The second-order valence-corrected chi connectivity index (χ2v) is 7.42. The number of urea groups is 1. The first-order chi connectivity index (χ1) is 12.0. The number of nitrogens with zero attached hydrogens (tertiary/aromatic N) is 1. The molecule has 1 aromatic carbocycles. The summed E-state index contributed by atoms with van der Waals surface area (Å²) in [6.07, 6.45) is 3.87. The summed E-state index contributed by atoms with van der Waals surface area (Å²) in [5.41, 5.74) is 4.05. The van der Waals surface area contributed by atoms with E-state index in [0.717, 1.165) is 47.2 Å². The average molecular weight is 346 g/mol. The minimum atomic E-state index is -0.0226.